The van der Waals surface area contributed by atoms with Crippen LogP contribution in [0.5, 0.6) is 0 Å². The highest BCUT2D eigenvalue weighted by molar-refractivity contribution is 7.16. The summed E-state index contributed by atoms with van der Waals surface area (Å²) in [4.78, 5) is 0.889. The van der Waals surface area contributed by atoms with Crippen molar-refractivity contribution in [3.05, 3.63) is 10.8 Å². The van der Waals surface area contributed by atoms with Crippen LogP contribution in [0.15, 0.2) is 0 Å². The van der Waals surface area contributed by atoms with Crippen molar-refractivity contribution in [3.8, 4) is 0 Å². The maximum absolute atomic E-state index is 5.42. The molecule has 0 aliphatic carbocycles. The highest BCUT2D eigenvalue weighted by Crippen LogP contribution is 2.25. The second kappa shape index (κ2) is 5.52. The van der Waals surface area contributed by atoms with Gasteiger partial charge in [-0.3, -0.25) is 0 Å². The summed E-state index contributed by atoms with van der Waals surface area (Å²) in [6.07, 6.45) is 1.95. The largest absolute Gasteiger partial charge is 0.381 e. The molecule has 6 nitrogen and oxygen atoms in total. The molecule has 1 saturated heterocycles. The summed E-state index contributed by atoms with van der Waals surface area (Å²) in [5.41, 5.74) is 0. The molecule has 19 heavy (non-hydrogen) atoms. The van der Waals surface area contributed by atoms with Gasteiger partial charge in [-0.2, -0.15) is 9.61 Å². The molecule has 1 N–H and O–H groups in total. The molecule has 0 saturated carbocycles. The molecule has 0 spiro atoms. The summed E-state index contributed by atoms with van der Waals surface area (Å²) in [7, 11) is 0. The number of nitrogens with one attached hydrogen (secondary N) is 1. The lowest BCUT2D eigenvalue weighted by atomic mass is 10.1. The van der Waals surface area contributed by atoms with Gasteiger partial charge in [-0.25, -0.2) is 0 Å². The minimum absolute atomic E-state index is 0.344. The van der Waals surface area contributed by atoms with E-state index >= 15 is 0 Å². The lowest BCUT2D eigenvalue weighted by Crippen LogP contribution is -2.27. The molecule has 104 valence electrons. The van der Waals surface area contributed by atoms with Gasteiger partial charge >= 0.3 is 0 Å². The Morgan fingerprint density at radius 2 is 2.42 bits per heavy atom. The monoisotopic (exact) mass is 281 g/mol. The number of aromatic nitrogens is 4. The van der Waals surface area contributed by atoms with Crippen molar-refractivity contribution in [1.82, 2.24) is 25.1 Å². The van der Waals surface area contributed by atoms with E-state index in [2.05, 4.69) is 34.5 Å². The standard InChI is InChI=1S/C12H19N5OS/c1-3-13-8(2)6-10-16-17-11(9-4-5-18-7-9)14-15-12(17)19-10/h8-9,13H,3-7H2,1-2H3. The highest BCUT2D eigenvalue weighted by atomic mass is 32.1. The van der Waals surface area contributed by atoms with E-state index in [0.29, 0.717) is 12.0 Å². The van der Waals surface area contributed by atoms with Gasteiger partial charge in [0.1, 0.15) is 5.01 Å². The Labute approximate surface area is 116 Å². The fraction of sp³-hybridized carbons (Fsp3) is 0.750. The summed E-state index contributed by atoms with van der Waals surface area (Å²) in [6, 6.07) is 0.437. The van der Waals surface area contributed by atoms with Gasteiger partial charge in [0, 0.05) is 25.0 Å². The first-order valence-electron chi connectivity index (χ1n) is 6.80. The Bertz CT molecular complexity index is 545. The summed E-state index contributed by atoms with van der Waals surface area (Å²) in [5, 5.41) is 17.7. The van der Waals surface area contributed by atoms with Crippen molar-refractivity contribution in [2.75, 3.05) is 19.8 Å². The van der Waals surface area contributed by atoms with E-state index in [1.165, 1.54) is 0 Å². The maximum atomic E-state index is 5.42. The van der Waals surface area contributed by atoms with Crippen LogP contribution in [0.25, 0.3) is 4.96 Å². The van der Waals surface area contributed by atoms with Gasteiger partial charge in [0.2, 0.25) is 4.96 Å². The fourth-order valence-electron chi connectivity index (χ4n) is 2.43. The zero-order chi connectivity index (χ0) is 13.2. The highest BCUT2D eigenvalue weighted by Gasteiger charge is 2.24. The Hall–Kier alpha value is -1.05. The van der Waals surface area contributed by atoms with E-state index in [0.717, 1.165) is 48.4 Å². The molecular weight excluding hydrogens is 262 g/mol. The van der Waals surface area contributed by atoms with Crippen LogP contribution in [-0.4, -0.2) is 45.6 Å². The summed E-state index contributed by atoms with van der Waals surface area (Å²) in [6.45, 7) is 6.83. The molecule has 0 amide bonds. The van der Waals surface area contributed by atoms with Gasteiger partial charge < -0.3 is 10.1 Å². The fourth-order valence-corrected chi connectivity index (χ4v) is 3.40. The lowest BCUT2D eigenvalue weighted by Gasteiger charge is -2.08. The predicted molar refractivity (Wildman–Crippen MR) is 73.7 cm³/mol. The van der Waals surface area contributed by atoms with Gasteiger partial charge in [0.25, 0.3) is 0 Å². The molecule has 1 fully saturated rings. The first-order valence-corrected chi connectivity index (χ1v) is 7.61. The molecule has 7 heteroatoms. The SMILES string of the molecule is CCNC(C)Cc1nn2c(C3CCOC3)nnc2s1. The van der Waals surface area contributed by atoms with Crippen LogP contribution in [-0.2, 0) is 11.2 Å². The van der Waals surface area contributed by atoms with Crippen molar-refractivity contribution in [2.24, 2.45) is 0 Å². The van der Waals surface area contributed by atoms with Crippen molar-refractivity contribution >= 4 is 16.3 Å². The summed E-state index contributed by atoms with van der Waals surface area (Å²) < 4.78 is 7.32. The third-order valence-corrected chi connectivity index (χ3v) is 4.31. The molecule has 0 radical (unpaired) electrons. The topological polar surface area (TPSA) is 64.3 Å². The quantitative estimate of drug-likeness (QED) is 0.893. The normalized spacial score (nSPS) is 21.3. The van der Waals surface area contributed by atoms with Gasteiger partial charge in [0.15, 0.2) is 5.82 Å². The molecule has 0 aromatic carbocycles. The second-order valence-corrected chi connectivity index (χ2v) is 6.01. The maximum Gasteiger partial charge on any atom is 0.234 e. The Kier molecular flexibility index (Phi) is 3.76. The van der Waals surface area contributed by atoms with Gasteiger partial charge in [0.05, 0.1) is 6.61 Å². The van der Waals surface area contributed by atoms with Crippen LogP contribution < -0.4 is 5.32 Å². The van der Waals surface area contributed by atoms with Crippen LogP contribution in [0.1, 0.15) is 37.0 Å². The van der Waals surface area contributed by atoms with Crippen molar-refractivity contribution < 1.29 is 4.74 Å². The number of fused-ring (bicyclic) bond motifs is 1. The average molecular weight is 281 g/mol. The zero-order valence-electron chi connectivity index (χ0n) is 11.3. The second-order valence-electron chi connectivity index (χ2n) is 4.97. The first kappa shape index (κ1) is 13.0. The van der Waals surface area contributed by atoms with Crippen LogP contribution in [0.2, 0.25) is 0 Å². The van der Waals surface area contributed by atoms with Crippen LogP contribution in [0.4, 0.5) is 0 Å². The van der Waals surface area contributed by atoms with Crippen molar-refractivity contribution in [2.45, 2.75) is 38.6 Å². The molecule has 2 unspecified atom stereocenters. The smallest absolute Gasteiger partial charge is 0.234 e. The van der Waals surface area contributed by atoms with Crippen molar-refractivity contribution in [1.29, 1.82) is 0 Å². The Balaban J connectivity index is 1.81. The summed E-state index contributed by atoms with van der Waals surface area (Å²) in [5.74, 6) is 1.29. The van der Waals surface area contributed by atoms with Crippen LogP contribution in [0.3, 0.4) is 0 Å². The third kappa shape index (κ3) is 2.63. The molecular formula is C12H19N5OS. The van der Waals surface area contributed by atoms with Gasteiger partial charge in [-0.05, 0) is 19.9 Å². The molecule has 3 heterocycles. The molecule has 1 aliphatic rings. The lowest BCUT2D eigenvalue weighted by molar-refractivity contribution is 0.193. The van der Waals surface area contributed by atoms with E-state index in [4.69, 9.17) is 4.74 Å². The molecule has 2 aromatic heterocycles. The number of ether oxygens (including phenoxy) is 1. The van der Waals surface area contributed by atoms with Gasteiger partial charge in [-0.15, -0.1) is 10.2 Å². The average Bonchev–Trinajstić information content (AvgIpc) is 3.03. The molecule has 2 aromatic rings. The third-order valence-electron chi connectivity index (χ3n) is 3.39. The molecule has 3 rings (SSSR count). The minimum atomic E-state index is 0.344. The molecule has 0 bridgehead atoms. The number of nitrogens with zero attached hydrogens (tertiary/aromatic N) is 4. The zero-order valence-corrected chi connectivity index (χ0v) is 12.1. The van der Waals surface area contributed by atoms with Crippen LogP contribution in [0, 0.1) is 0 Å². The number of hydrogen-bond acceptors (Lipinski definition) is 6. The molecule has 2 atom stereocenters. The van der Waals surface area contributed by atoms with E-state index in [1.54, 1.807) is 11.3 Å². The number of likely N-dealkylation sites (N-methyl/N-ethyl adjacent to an activating group) is 1. The van der Waals surface area contributed by atoms with Gasteiger partial charge in [-0.1, -0.05) is 18.3 Å². The van der Waals surface area contributed by atoms with Crippen molar-refractivity contribution in [3.63, 3.8) is 0 Å². The Morgan fingerprint density at radius 1 is 1.53 bits per heavy atom. The van der Waals surface area contributed by atoms with E-state index in [9.17, 15) is 0 Å². The van der Waals surface area contributed by atoms with E-state index < -0.39 is 0 Å². The first-order chi connectivity index (χ1) is 9.28. The number of rotatable bonds is 5. The van der Waals surface area contributed by atoms with Crippen LogP contribution >= 0.6 is 11.3 Å². The van der Waals surface area contributed by atoms with E-state index in [1.807, 2.05) is 4.52 Å². The van der Waals surface area contributed by atoms with E-state index in [-0.39, 0.29) is 0 Å². The predicted octanol–water partition coefficient (Wildman–Crippen LogP) is 1.23. The number of hydrogen-bond donors (Lipinski definition) is 1. The molecule has 1 aliphatic heterocycles. The summed E-state index contributed by atoms with van der Waals surface area (Å²) >= 11 is 1.63. The Morgan fingerprint density at radius 3 is 3.16 bits per heavy atom. The minimum Gasteiger partial charge on any atom is -0.381 e.